The van der Waals surface area contributed by atoms with E-state index in [9.17, 15) is 15.2 Å². The molecule has 5 N–H and O–H groups in total. The number of nitrogens with zero attached hydrogens (tertiary/aromatic N) is 2. The summed E-state index contributed by atoms with van der Waals surface area (Å²) >= 11 is 12.1. The van der Waals surface area contributed by atoms with E-state index in [2.05, 4.69) is 4.99 Å². The molecule has 0 aromatic heterocycles. The first kappa shape index (κ1) is 16.6. The molecule has 0 aliphatic heterocycles. The number of phenols is 1. The van der Waals surface area contributed by atoms with Gasteiger partial charge in [0.05, 0.1) is 17.2 Å². The number of guanidine groups is 1. The molecule has 0 aliphatic rings. The van der Waals surface area contributed by atoms with Gasteiger partial charge >= 0.3 is 0 Å². The van der Waals surface area contributed by atoms with E-state index in [1.54, 1.807) is 6.07 Å². The SMILES string of the molecule is N#Cc1ccc(O)c(C(=O)N=C(N)N)c1-c1cc(Cl)ccc1Cl. The first-order valence-electron chi connectivity index (χ1n) is 6.20. The van der Waals surface area contributed by atoms with Crippen molar-refractivity contribution in [1.82, 2.24) is 0 Å². The number of rotatable bonds is 2. The summed E-state index contributed by atoms with van der Waals surface area (Å²) in [4.78, 5) is 15.7. The van der Waals surface area contributed by atoms with Crippen LogP contribution in [0.4, 0.5) is 0 Å². The van der Waals surface area contributed by atoms with Gasteiger partial charge in [-0.25, -0.2) is 0 Å². The Labute approximate surface area is 141 Å². The summed E-state index contributed by atoms with van der Waals surface area (Å²) in [6.07, 6.45) is 0. The van der Waals surface area contributed by atoms with Gasteiger partial charge in [0.2, 0.25) is 0 Å². The minimum Gasteiger partial charge on any atom is -0.507 e. The molecule has 0 atom stereocenters. The summed E-state index contributed by atoms with van der Waals surface area (Å²) in [5.74, 6) is -1.75. The lowest BCUT2D eigenvalue weighted by Gasteiger charge is -2.13. The summed E-state index contributed by atoms with van der Waals surface area (Å²) in [7, 11) is 0. The molecule has 1 amide bonds. The van der Waals surface area contributed by atoms with Crippen LogP contribution in [0.2, 0.25) is 10.0 Å². The molecule has 2 aromatic rings. The maximum Gasteiger partial charge on any atom is 0.284 e. The van der Waals surface area contributed by atoms with Crippen molar-refractivity contribution in [3.63, 3.8) is 0 Å². The first-order valence-corrected chi connectivity index (χ1v) is 6.96. The lowest BCUT2D eigenvalue weighted by Crippen LogP contribution is -2.24. The van der Waals surface area contributed by atoms with Crippen molar-refractivity contribution in [3.05, 3.63) is 51.5 Å². The monoisotopic (exact) mass is 348 g/mol. The predicted molar refractivity (Wildman–Crippen MR) is 88.4 cm³/mol. The van der Waals surface area contributed by atoms with Crippen molar-refractivity contribution < 1.29 is 9.90 Å². The number of benzene rings is 2. The van der Waals surface area contributed by atoms with Crippen LogP contribution in [0.15, 0.2) is 35.3 Å². The molecule has 0 bridgehead atoms. The highest BCUT2D eigenvalue weighted by atomic mass is 35.5. The summed E-state index contributed by atoms with van der Waals surface area (Å²) in [5, 5.41) is 20.0. The van der Waals surface area contributed by atoms with E-state index >= 15 is 0 Å². The number of carbonyl (C=O) groups excluding carboxylic acids is 1. The van der Waals surface area contributed by atoms with Crippen LogP contribution < -0.4 is 11.5 Å². The Morgan fingerprint density at radius 3 is 2.52 bits per heavy atom. The van der Waals surface area contributed by atoms with Crippen LogP contribution in [0.3, 0.4) is 0 Å². The fraction of sp³-hybridized carbons (Fsp3) is 0. The molecule has 0 unspecified atom stereocenters. The van der Waals surface area contributed by atoms with Crippen LogP contribution in [0.1, 0.15) is 15.9 Å². The molecule has 116 valence electrons. The van der Waals surface area contributed by atoms with Crippen molar-refractivity contribution >= 4 is 35.1 Å². The van der Waals surface area contributed by atoms with Gasteiger partial charge in [-0.05, 0) is 30.3 Å². The third kappa shape index (κ3) is 3.37. The second kappa shape index (κ2) is 6.57. The average molecular weight is 349 g/mol. The van der Waals surface area contributed by atoms with E-state index in [4.69, 9.17) is 34.7 Å². The second-order valence-electron chi connectivity index (χ2n) is 4.46. The number of amides is 1. The molecule has 8 heteroatoms. The molecule has 2 rings (SSSR count). The van der Waals surface area contributed by atoms with Crippen LogP contribution >= 0.6 is 23.2 Å². The zero-order valence-corrected chi connectivity index (χ0v) is 13.1. The number of aromatic hydroxyl groups is 1. The standard InChI is InChI=1S/C15H10Cl2N4O2/c16-8-2-3-10(17)9(5-8)12-7(6-18)1-4-11(22)13(12)14(23)21-15(19)20/h1-5,22H,(H4,19,20,21,23). The zero-order chi connectivity index (χ0) is 17.1. The molecule has 2 aromatic carbocycles. The second-order valence-corrected chi connectivity index (χ2v) is 5.30. The van der Waals surface area contributed by atoms with E-state index in [0.29, 0.717) is 10.6 Å². The lowest BCUT2D eigenvalue weighted by atomic mass is 9.93. The maximum absolute atomic E-state index is 12.2. The van der Waals surface area contributed by atoms with Crippen molar-refractivity contribution in [2.45, 2.75) is 0 Å². The summed E-state index contributed by atoms with van der Waals surface area (Å²) in [6, 6.07) is 9.05. The molecular weight excluding hydrogens is 339 g/mol. The quantitative estimate of drug-likeness (QED) is 0.568. The largest absolute Gasteiger partial charge is 0.507 e. The van der Waals surface area contributed by atoms with Gasteiger partial charge in [-0.3, -0.25) is 4.79 Å². The Kier molecular flexibility index (Phi) is 4.74. The molecule has 6 nitrogen and oxygen atoms in total. The number of halogens is 2. The van der Waals surface area contributed by atoms with Gasteiger partial charge in [-0.1, -0.05) is 23.2 Å². The van der Waals surface area contributed by atoms with Gasteiger partial charge in [0.1, 0.15) is 5.75 Å². The van der Waals surface area contributed by atoms with Crippen molar-refractivity contribution in [3.8, 4) is 22.9 Å². The van der Waals surface area contributed by atoms with Gasteiger partial charge in [0, 0.05) is 21.2 Å². The number of phenolic OH excluding ortho intramolecular Hbond substituents is 1. The van der Waals surface area contributed by atoms with Crippen molar-refractivity contribution in [2.75, 3.05) is 0 Å². The van der Waals surface area contributed by atoms with Crippen molar-refractivity contribution in [1.29, 1.82) is 5.26 Å². The Balaban J connectivity index is 2.88. The zero-order valence-electron chi connectivity index (χ0n) is 11.5. The summed E-state index contributed by atoms with van der Waals surface area (Å²) < 4.78 is 0. The molecular formula is C15H10Cl2N4O2. The Hall–Kier alpha value is -2.75. The number of carbonyl (C=O) groups is 1. The fourth-order valence-corrected chi connectivity index (χ4v) is 2.43. The van der Waals surface area contributed by atoms with Gasteiger partial charge in [0.15, 0.2) is 5.96 Å². The van der Waals surface area contributed by atoms with Gasteiger partial charge in [0.25, 0.3) is 5.91 Å². The minimum absolute atomic E-state index is 0.106. The van der Waals surface area contributed by atoms with Crippen molar-refractivity contribution in [2.24, 2.45) is 16.5 Å². The number of hydrogen-bond acceptors (Lipinski definition) is 3. The molecule has 23 heavy (non-hydrogen) atoms. The number of aliphatic imine (C=N–C) groups is 1. The Morgan fingerprint density at radius 1 is 1.22 bits per heavy atom. The van der Waals surface area contributed by atoms with Gasteiger partial charge in [-0.15, -0.1) is 0 Å². The third-order valence-corrected chi connectivity index (χ3v) is 3.51. The third-order valence-electron chi connectivity index (χ3n) is 2.95. The molecule has 0 radical (unpaired) electrons. The van der Waals surface area contributed by atoms with Crippen LogP contribution in [0, 0.1) is 11.3 Å². The topological polar surface area (TPSA) is 125 Å². The van der Waals surface area contributed by atoms with Gasteiger partial charge < -0.3 is 16.6 Å². The molecule has 0 aliphatic carbocycles. The van der Waals surface area contributed by atoms with Crippen LogP contribution in [0.25, 0.3) is 11.1 Å². The summed E-state index contributed by atoms with van der Waals surface area (Å²) in [6.45, 7) is 0. The number of hydrogen-bond donors (Lipinski definition) is 3. The normalized spacial score (nSPS) is 9.96. The van der Waals surface area contributed by atoms with Crippen LogP contribution in [0.5, 0.6) is 5.75 Å². The lowest BCUT2D eigenvalue weighted by molar-refractivity contribution is 0.100. The molecule has 0 heterocycles. The van der Waals surface area contributed by atoms with Crippen LogP contribution in [-0.4, -0.2) is 17.0 Å². The molecule has 0 saturated carbocycles. The highest BCUT2D eigenvalue weighted by Crippen LogP contribution is 2.38. The van der Waals surface area contributed by atoms with E-state index in [1.165, 1.54) is 24.3 Å². The highest BCUT2D eigenvalue weighted by Gasteiger charge is 2.23. The first-order chi connectivity index (χ1) is 10.8. The fourth-order valence-electron chi connectivity index (χ4n) is 2.04. The van der Waals surface area contributed by atoms with Gasteiger partial charge in [-0.2, -0.15) is 10.3 Å². The minimum atomic E-state index is -0.898. The molecule has 0 spiro atoms. The number of nitrogens with two attached hydrogens (primary N) is 2. The van der Waals surface area contributed by atoms with E-state index in [1.807, 2.05) is 6.07 Å². The number of nitriles is 1. The molecule has 0 fully saturated rings. The average Bonchev–Trinajstić information content (AvgIpc) is 2.48. The highest BCUT2D eigenvalue weighted by molar-refractivity contribution is 6.35. The van der Waals surface area contributed by atoms with E-state index < -0.39 is 11.9 Å². The smallest absolute Gasteiger partial charge is 0.284 e. The Morgan fingerprint density at radius 2 is 1.91 bits per heavy atom. The van der Waals surface area contributed by atoms with E-state index in [0.717, 1.165) is 0 Å². The summed E-state index contributed by atoms with van der Waals surface area (Å²) in [5.41, 5.74) is 10.7. The predicted octanol–water partition coefficient (Wildman–Crippen LogP) is 2.65. The van der Waals surface area contributed by atoms with Crippen LogP contribution in [-0.2, 0) is 0 Å². The Bertz CT molecular complexity index is 869. The molecule has 0 saturated heterocycles. The van der Waals surface area contributed by atoms with E-state index in [-0.39, 0.29) is 27.5 Å². The maximum atomic E-state index is 12.2.